The molecule has 0 aliphatic rings. The van der Waals surface area contributed by atoms with E-state index in [9.17, 15) is 0 Å². The van der Waals surface area contributed by atoms with E-state index in [1.165, 1.54) is 0 Å². The van der Waals surface area contributed by atoms with Gasteiger partial charge in [0, 0.05) is 0 Å². The molecule has 0 bridgehead atoms. The summed E-state index contributed by atoms with van der Waals surface area (Å²) in [5.41, 5.74) is 0. The lowest BCUT2D eigenvalue weighted by atomic mass is 10.3. The second-order valence-electron chi connectivity index (χ2n) is 1.41. The summed E-state index contributed by atoms with van der Waals surface area (Å²) in [5.74, 6) is 0. The second kappa shape index (κ2) is 2.42. The molecule has 0 unspecified atom stereocenters. The minimum Gasteiger partial charge on any atom is -0.0983 e. The molecule has 0 atom stereocenters. The molecular weight excluding hydrogens is 190 g/mol. The average molecular weight is 194 g/mol. The first-order chi connectivity index (χ1) is 3.25. The van der Waals surface area contributed by atoms with Gasteiger partial charge in [-0.1, -0.05) is 46.4 Å². The van der Waals surface area contributed by atoms with Crippen molar-refractivity contribution < 1.29 is 0 Å². The Morgan fingerprint density at radius 3 is 0.875 bits per heavy atom. The Labute approximate surface area is 69.0 Å². The van der Waals surface area contributed by atoms with Gasteiger partial charge in [0.15, 0.2) is 8.67 Å². The molecule has 48 valence electrons. The van der Waals surface area contributed by atoms with Crippen LogP contribution in [0.25, 0.3) is 0 Å². The fourth-order valence-corrected chi connectivity index (χ4v) is 0. The lowest BCUT2D eigenvalue weighted by Crippen LogP contribution is -2.29. The summed E-state index contributed by atoms with van der Waals surface area (Å²) >= 11 is 21.3. The van der Waals surface area contributed by atoms with Crippen LogP contribution >= 0.6 is 46.4 Å². The molecule has 8 heavy (non-hydrogen) atoms. The van der Waals surface area contributed by atoms with Gasteiger partial charge < -0.3 is 0 Å². The van der Waals surface area contributed by atoms with Crippen LogP contribution in [-0.4, -0.2) is 8.67 Å². The number of halogens is 4. The van der Waals surface area contributed by atoms with Crippen LogP contribution in [0.1, 0.15) is 0 Å². The third kappa shape index (κ3) is 2.63. The van der Waals surface area contributed by atoms with E-state index in [2.05, 4.69) is 13.8 Å². The Bertz CT molecular complexity index is 63.0. The largest absolute Gasteiger partial charge is 0.151 e. The SMILES string of the molecule is [CH2]C(Cl)(Cl)C([CH2])(Cl)Cl. The van der Waals surface area contributed by atoms with Gasteiger partial charge in [0.2, 0.25) is 0 Å². The van der Waals surface area contributed by atoms with Gasteiger partial charge in [0.1, 0.15) is 0 Å². The maximum absolute atomic E-state index is 5.34. The highest BCUT2D eigenvalue weighted by molar-refractivity contribution is 6.63. The zero-order valence-electron chi connectivity index (χ0n) is 3.93. The molecule has 0 amide bonds. The Balaban J connectivity index is 4.02. The molecule has 0 aromatic rings. The van der Waals surface area contributed by atoms with Gasteiger partial charge in [-0.15, -0.1) is 0 Å². The standard InChI is InChI=1S/C4H4Cl4/c1-3(5,6)4(2,7)8/h1-2H2. The molecule has 0 aliphatic heterocycles. The molecule has 0 fully saturated rings. The second-order valence-corrected chi connectivity index (χ2v) is 4.38. The molecule has 0 N–H and O–H groups in total. The Morgan fingerprint density at radius 2 is 0.875 bits per heavy atom. The molecule has 0 saturated carbocycles. The summed E-state index contributed by atoms with van der Waals surface area (Å²) in [6.45, 7) is 6.49. The van der Waals surface area contributed by atoms with Crippen molar-refractivity contribution in [1.29, 1.82) is 0 Å². The molecule has 0 heterocycles. The maximum atomic E-state index is 5.34. The first-order valence-corrected chi connectivity index (χ1v) is 3.22. The van der Waals surface area contributed by atoms with Crippen molar-refractivity contribution in [3.63, 3.8) is 0 Å². The van der Waals surface area contributed by atoms with E-state index in [1.807, 2.05) is 0 Å². The van der Waals surface area contributed by atoms with Gasteiger partial charge in [-0.2, -0.15) is 0 Å². The number of rotatable bonds is 1. The average Bonchev–Trinajstić information content (AvgIpc) is 1.25. The lowest BCUT2D eigenvalue weighted by molar-refractivity contribution is 0.901. The monoisotopic (exact) mass is 192 g/mol. The molecule has 0 aromatic carbocycles. The molecule has 0 nitrogen and oxygen atoms in total. The van der Waals surface area contributed by atoms with E-state index >= 15 is 0 Å². The predicted octanol–water partition coefficient (Wildman–Crippen LogP) is 3.00. The van der Waals surface area contributed by atoms with E-state index in [-0.39, 0.29) is 0 Å². The quantitative estimate of drug-likeness (QED) is 0.562. The zero-order valence-corrected chi connectivity index (χ0v) is 6.95. The van der Waals surface area contributed by atoms with Gasteiger partial charge >= 0.3 is 0 Å². The molecule has 2 radical (unpaired) electrons. The number of hydrogen-bond donors (Lipinski definition) is 0. The predicted molar refractivity (Wildman–Crippen MR) is 39.6 cm³/mol. The normalized spacial score (nSPS) is 14.2. The molecule has 0 rings (SSSR count). The summed E-state index contributed by atoms with van der Waals surface area (Å²) < 4.78 is -2.90. The Hall–Kier alpha value is 1.16. The molecular formula is C4H4Cl4. The van der Waals surface area contributed by atoms with E-state index in [4.69, 9.17) is 46.4 Å². The topological polar surface area (TPSA) is 0 Å². The minimum atomic E-state index is -1.45. The maximum Gasteiger partial charge on any atom is 0.151 e. The fraction of sp³-hybridized carbons (Fsp3) is 0.500. The third-order valence-electron chi connectivity index (χ3n) is 0.535. The molecule has 0 spiro atoms. The van der Waals surface area contributed by atoms with E-state index in [1.54, 1.807) is 0 Å². The Kier molecular flexibility index (Phi) is 2.77. The van der Waals surface area contributed by atoms with Crippen LogP contribution in [0.5, 0.6) is 0 Å². The van der Waals surface area contributed by atoms with Crippen molar-refractivity contribution in [3.8, 4) is 0 Å². The van der Waals surface area contributed by atoms with Crippen molar-refractivity contribution in [2.24, 2.45) is 0 Å². The van der Waals surface area contributed by atoms with Crippen LogP contribution in [-0.2, 0) is 0 Å². The van der Waals surface area contributed by atoms with E-state index in [0.29, 0.717) is 0 Å². The van der Waals surface area contributed by atoms with Gasteiger partial charge in [0.05, 0.1) is 0 Å². The van der Waals surface area contributed by atoms with Crippen LogP contribution in [0.4, 0.5) is 0 Å². The molecule has 0 aliphatic carbocycles. The fourth-order valence-electron chi connectivity index (χ4n) is 0. The Morgan fingerprint density at radius 1 is 0.750 bits per heavy atom. The van der Waals surface area contributed by atoms with Gasteiger partial charge in [0.25, 0.3) is 0 Å². The van der Waals surface area contributed by atoms with Crippen molar-refractivity contribution >= 4 is 46.4 Å². The van der Waals surface area contributed by atoms with Crippen LogP contribution < -0.4 is 0 Å². The summed E-state index contributed by atoms with van der Waals surface area (Å²) in [7, 11) is 0. The first-order valence-electron chi connectivity index (χ1n) is 1.71. The highest BCUT2D eigenvalue weighted by Crippen LogP contribution is 2.40. The van der Waals surface area contributed by atoms with Crippen LogP contribution in [0.3, 0.4) is 0 Å². The van der Waals surface area contributed by atoms with Crippen molar-refractivity contribution in [2.75, 3.05) is 0 Å². The molecule has 0 aromatic heterocycles. The molecule has 4 heteroatoms. The van der Waals surface area contributed by atoms with Crippen molar-refractivity contribution in [3.05, 3.63) is 13.8 Å². The summed E-state index contributed by atoms with van der Waals surface area (Å²) in [4.78, 5) is 0. The molecule has 0 saturated heterocycles. The smallest absolute Gasteiger partial charge is 0.0983 e. The summed E-state index contributed by atoms with van der Waals surface area (Å²) in [6, 6.07) is 0. The minimum absolute atomic E-state index is 1.45. The zero-order chi connectivity index (χ0) is 7.00. The summed E-state index contributed by atoms with van der Waals surface area (Å²) in [6.07, 6.45) is 0. The highest BCUT2D eigenvalue weighted by Gasteiger charge is 2.38. The first kappa shape index (κ1) is 9.16. The number of alkyl halides is 4. The summed E-state index contributed by atoms with van der Waals surface area (Å²) in [5, 5.41) is 0. The number of hydrogen-bond acceptors (Lipinski definition) is 0. The highest BCUT2D eigenvalue weighted by atomic mass is 35.5. The lowest BCUT2D eigenvalue weighted by Gasteiger charge is -2.23. The van der Waals surface area contributed by atoms with Gasteiger partial charge in [-0.05, 0) is 13.8 Å². The third-order valence-corrected chi connectivity index (χ3v) is 2.21. The van der Waals surface area contributed by atoms with Gasteiger partial charge in [-0.3, -0.25) is 0 Å². The van der Waals surface area contributed by atoms with Crippen LogP contribution in [0, 0.1) is 13.8 Å². The van der Waals surface area contributed by atoms with Crippen molar-refractivity contribution in [1.82, 2.24) is 0 Å². The van der Waals surface area contributed by atoms with Crippen LogP contribution in [0.15, 0.2) is 0 Å². The van der Waals surface area contributed by atoms with Gasteiger partial charge in [-0.25, -0.2) is 0 Å². The van der Waals surface area contributed by atoms with Crippen molar-refractivity contribution in [2.45, 2.75) is 8.67 Å². The van der Waals surface area contributed by atoms with E-state index in [0.717, 1.165) is 0 Å². The van der Waals surface area contributed by atoms with E-state index < -0.39 is 8.67 Å². The van der Waals surface area contributed by atoms with Crippen LogP contribution in [0.2, 0.25) is 0 Å².